The van der Waals surface area contributed by atoms with Gasteiger partial charge in [0.1, 0.15) is 11.4 Å². The van der Waals surface area contributed by atoms with Crippen LogP contribution >= 0.6 is 0 Å². The van der Waals surface area contributed by atoms with Crippen LogP contribution in [0.25, 0.3) is 0 Å². The molecule has 1 aromatic rings. The van der Waals surface area contributed by atoms with Crippen LogP contribution < -0.4 is 4.90 Å². The summed E-state index contributed by atoms with van der Waals surface area (Å²) < 4.78 is 5.06. The summed E-state index contributed by atoms with van der Waals surface area (Å²) in [7, 11) is 0. The number of aliphatic carboxylic acids is 1. The van der Waals surface area contributed by atoms with Gasteiger partial charge in [0.2, 0.25) is 0 Å². The molecule has 0 bridgehead atoms. The molecule has 3 N–H and O–H groups in total. The highest BCUT2D eigenvalue weighted by atomic mass is 16.5. The van der Waals surface area contributed by atoms with Crippen LogP contribution in [0, 0.1) is 0 Å². The van der Waals surface area contributed by atoms with E-state index in [1.165, 1.54) is 4.90 Å². The molecule has 1 aliphatic heterocycles. The highest BCUT2D eigenvalue weighted by Gasteiger charge is 2.39. The largest absolute Gasteiger partial charge is 0.479 e. The van der Waals surface area contributed by atoms with Crippen molar-refractivity contribution in [3.8, 4) is 0 Å². The minimum absolute atomic E-state index is 0.0785. The van der Waals surface area contributed by atoms with Crippen molar-refractivity contribution in [1.29, 1.82) is 0 Å². The summed E-state index contributed by atoms with van der Waals surface area (Å²) in [6.45, 7) is 3.40. The van der Waals surface area contributed by atoms with Gasteiger partial charge in [0.25, 0.3) is 5.91 Å². The number of carboxylic acid groups (broad SMARTS) is 1. The quantitative estimate of drug-likeness (QED) is 0.684. The van der Waals surface area contributed by atoms with Gasteiger partial charge in [-0.05, 0) is 26.0 Å². The van der Waals surface area contributed by atoms with Crippen molar-refractivity contribution in [3.63, 3.8) is 0 Å². The Balaban J connectivity index is 2.29. The molecule has 1 amide bonds. The Bertz CT molecular complexity index is 583. The number of rotatable bonds is 4. The molecule has 1 aliphatic rings. The zero-order valence-corrected chi connectivity index (χ0v) is 12.3. The second-order valence-electron chi connectivity index (χ2n) is 5.50. The Labute approximate surface area is 127 Å². The molecule has 8 nitrogen and oxygen atoms in total. The van der Waals surface area contributed by atoms with Crippen LogP contribution in [0.3, 0.4) is 0 Å². The van der Waals surface area contributed by atoms with Crippen LogP contribution in [0.15, 0.2) is 18.2 Å². The lowest BCUT2D eigenvalue weighted by Gasteiger charge is -2.33. The first-order valence-corrected chi connectivity index (χ1v) is 6.75. The standard InChI is InChI=1S/C14H18N2O6/c1-14(2,21)8-4-3-5-9(15-8)16-6-7-22-11(12(16)18)10(17)13(19)20/h3-5,10-11,17,21H,6-7H2,1-2H3,(H,19,20). The molecule has 8 heteroatoms. The molecule has 1 saturated heterocycles. The van der Waals surface area contributed by atoms with E-state index >= 15 is 0 Å². The molecule has 2 unspecified atom stereocenters. The third-order valence-electron chi connectivity index (χ3n) is 3.30. The second kappa shape index (κ2) is 5.99. The molecule has 120 valence electrons. The number of carbonyl (C=O) groups is 2. The molecule has 1 aromatic heterocycles. The number of ether oxygens (including phenoxy) is 1. The lowest BCUT2D eigenvalue weighted by molar-refractivity contribution is -0.163. The maximum absolute atomic E-state index is 12.3. The fourth-order valence-electron chi connectivity index (χ4n) is 2.10. The highest BCUT2D eigenvalue weighted by molar-refractivity contribution is 5.99. The fourth-order valence-corrected chi connectivity index (χ4v) is 2.10. The predicted molar refractivity (Wildman–Crippen MR) is 75.2 cm³/mol. The van der Waals surface area contributed by atoms with Gasteiger partial charge in [-0.25, -0.2) is 9.78 Å². The molecule has 2 rings (SSSR count). The number of hydrogen-bond acceptors (Lipinski definition) is 6. The van der Waals surface area contributed by atoms with Crippen molar-refractivity contribution in [3.05, 3.63) is 23.9 Å². The predicted octanol–water partition coefficient (Wildman–Crippen LogP) is -0.514. The Morgan fingerprint density at radius 2 is 2.18 bits per heavy atom. The zero-order chi connectivity index (χ0) is 16.5. The molecule has 0 aliphatic carbocycles. The van der Waals surface area contributed by atoms with Crippen LogP contribution in [0.2, 0.25) is 0 Å². The average Bonchev–Trinajstić information content (AvgIpc) is 2.46. The van der Waals surface area contributed by atoms with E-state index in [4.69, 9.17) is 9.84 Å². The van der Waals surface area contributed by atoms with E-state index in [1.54, 1.807) is 32.0 Å². The number of anilines is 1. The first-order chi connectivity index (χ1) is 10.2. The summed E-state index contributed by atoms with van der Waals surface area (Å²) in [5, 5.41) is 28.3. The number of aliphatic hydroxyl groups is 2. The number of nitrogens with zero attached hydrogens (tertiary/aromatic N) is 2. The lowest BCUT2D eigenvalue weighted by atomic mass is 10.0. The van der Waals surface area contributed by atoms with Crippen LogP contribution in [0.1, 0.15) is 19.5 Å². The number of amides is 1. The van der Waals surface area contributed by atoms with Crippen LogP contribution in [-0.2, 0) is 19.9 Å². The van der Waals surface area contributed by atoms with Gasteiger partial charge in [0.05, 0.1) is 18.8 Å². The summed E-state index contributed by atoms with van der Waals surface area (Å²) >= 11 is 0. The molecule has 2 heterocycles. The van der Waals surface area contributed by atoms with Gasteiger partial charge in [0, 0.05) is 0 Å². The van der Waals surface area contributed by atoms with Crippen molar-refractivity contribution in [2.24, 2.45) is 0 Å². The van der Waals surface area contributed by atoms with Crippen LogP contribution in [0.5, 0.6) is 0 Å². The molecule has 0 aromatic carbocycles. The number of hydrogen-bond donors (Lipinski definition) is 3. The monoisotopic (exact) mass is 310 g/mol. The molecular formula is C14H18N2O6. The minimum Gasteiger partial charge on any atom is -0.479 e. The summed E-state index contributed by atoms with van der Waals surface area (Å²) in [6, 6.07) is 4.84. The molecule has 0 spiro atoms. The number of aliphatic hydroxyl groups excluding tert-OH is 1. The van der Waals surface area contributed by atoms with E-state index in [0.29, 0.717) is 5.69 Å². The summed E-state index contributed by atoms with van der Waals surface area (Å²) in [6.07, 6.45) is -3.41. The molecule has 1 fully saturated rings. The SMILES string of the molecule is CC(C)(O)c1cccc(N2CCOC(C(O)C(=O)O)C2=O)n1. The van der Waals surface area contributed by atoms with E-state index in [0.717, 1.165) is 0 Å². The Morgan fingerprint density at radius 3 is 2.77 bits per heavy atom. The van der Waals surface area contributed by atoms with Crippen molar-refractivity contribution in [2.45, 2.75) is 31.7 Å². The number of aromatic nitrogens is 1. The second-order valence-corrected chi connectivity index (χ2v) is 5.50. The topological polar surface area (TPSA) is 120 Å². The third-order valence-corrected chi connectivity index (χ3v) is 3.30. The maximum Gasteiger partial charge on any atom is 0.335 e. The van der Waals surface area contributed by atoms with Gasteiger partial charge in [0.15, 0.2) is 12.2 Å². The van der Waals surface area contributed by atoms with E-state index < -0.39 is 29.7 Å². The molecule has 2 atom stereocenters. The number of morpholine rings is 1. The van der Waals surface area contributed by atoms with Crippen LogP contribution in [0.4, 0.5) is 5.82 Å². The fraction of sp³-hybridized carbons (Fsp3) is 0.500. The van der Waals surface area contributed by atoms with E-state index in [-0.39, 0.29) is 19.0 Å². The molecule has 0 radical (unpaired) electrons. The van der Waals surface area contributed by atoms with Gasteiger partial charge in [-0.3, -0.25) is 9.69 Å². The van der Waals surface area contributed by atoms with E-state index in [2.05, 4.69) is 4.98 Å². The van der Waals surface area contributed by atoms with Gasteiger partial charge in [-0.2, -0.15) is 0 Å². The van der Waals surface area contributed by atoms with Crippen LogP contribution in [-0.4, -0.2) is 57.5 Å². The summed E-state index contributed by atoms with van der Waals surface area (Å²) in [5.41, 5.74) is -0.801. The minimum atomic E-state index is -1.94. The average molecular weight is 310 g/mol. The van der Waals surface area contributed by atoms with Crippen molar-refractivity contribution < 1.29 is 29.6 Å². The number of pyridine rings is 1. The smallest absolute Gasteiger partial charge is 0.335 e. The van der Waals surface area contributed by atoms with E-state index in [9.17, 15) is 19.8 Å². The van der Waals surface area contributed by atoms with Crippen molar-refractivity contribution >= 4 is 17.7 Å². The molecular weight excluding hydrogens is 292 g/mol. The van der Waals surface area contributed by atoms with Crippen molar-refractivity contribution in [1.82, 2.24) is 4.98 Å². The summed E-state index contributed by atoms with van der Waals surface area (Å²) in [4.78, 5) is 28.6. The zero-order valence-electron chi connectivity index (χ0n) is 12.3. The number of carbonyl (C=O) groups excluding carboxylic acids is 1. The van der Waals surface area contributed by atoms with Gasteiger partial charge in [-0.1, -0.05) is 6.07 Å². The molecule has 22 heavy (non-hydrogen) atoms. The Kier molecular flexibility index (Phi) is 4.45. The van der Waals surface area contributed by atoms with Gasteiger partial charge >= 0.3 is 5.97 Å². The van der Waals surface area contributed by atoms with Crippen molar-refractivity contribution in [2.75, 3.05) is 18.1 Å². The number of carboxylic acids is 1. The summed E-state index contributed by atoms with van der Waals surface area (Å²) in [5.74, 6) is -1.93. The Hall–Kier alpha value is -2.03. The first kappa shape index (κ1) is 16.3. The highest BCUT2D eigenvalue weighted by Crippen LogP contribution is 2.23. The lowest BCUT2D eigenvalue weighted by Crippen LogP contribution is -2.54. The Morgan fingerprint density at radius 1 is 1.50 bits per heavy atom. The van der Waals surface area contributed by atoms with Gasteiger partial charge < -0.3 is 20.1 Å². The first-order valence-electron chi connectivity index (χ1n) is 6.75. The maximum atomic E-state index is 12.3. The normalized spacial score (nSPS) is 20.8. The molecule has 0 saturated carbocycles. The van der Waals surface area contributed by atoms with E-state index in [1.807, 2.05) is 0 Å². The third kappa shape index (κ3) is 3.24. The van der Waals surface area contributed by atoms with Gasteiger partial charge in [-0.15, -0.1) is 0 Å².